The summed E-state index contributed by atoms with van der Waals surface area (Å²) >= 11 is 0. The molecule has 0 saturated carbocycles. The number of benzene rings is 2. The molecule has 126 valence electrons. The van der Waals surface area contributed by atoms with Crippen LogP contribution in [0.5, 0.6) is 0 Å². The van der Waals surface area contributed by atoms with Gasteiger partial charge in [-0.25, -0.2) is 8.42 Å². The molecule has 0 unspecified atom stereocenters. The molecule has 0 radical (unpaired) electrons. The van der Waals surface area contributed by atoms with Gasteiger partial charge < -0.3 is 4.90 Å². The largest absolute Gasteiger partial charge is 0.321 e. The number of amides is 1. The summed E-state index contributed by atoms with van der Waals surface area (Å²) in [6.07, 6.45) is 0. The number of carbonyl (C=O) groups is 1. The standard InChI is InChI=1S/C18H20N2O3S/c1-14-8-10-17(11-9-14)24(22,23)19-12-15(2)20(13-19)18(21)16-6-4-3-5-7-16/h3-11,15H,12-13H2,1-2H3/t15-/m0/s1. The van der Waals surface area contributed by atoms with E-state index in [4.69, 9.17) is 0 Å². The predicted molar refractivity (Wildman–Crippen MR) is 92.0 cm³/mol. The van der Waals surface area contributed by atoms with E-state index in [1.165, 1.54) is 4.31 Å². The molecule has 1 amide bonds. The number of sulfonamides is 1. The Bertz CT molecular complexity index is 832. The van der Waals surface area contributed by atoms with E-state index in [-0.39, 0.29) is 23.5 Å². The molecule has 0 aromatic heterocycles. The molecule has 0 spiro atoms. The fraction of sp³-hybridized carbons (Fsp3) is 0.278. The molecule has 2 aromatic rings. The van der Waals surface area contributed by atoms with Gasteiger partial charge in [-0.05, 0) is 38.1 Å². The lowest BCUT2D eigenvalue weighted by Crippen LogP contribution is -2.36. The smallest absolute Gasteiger partial charge is 0.255 e. The van der Waals surface area contributed by atoms with Crippen molar-refractivity contribution in [1.29, 1.82) is 0 Å². The molecule has 24 heavy (non-hydrogen) atoms. The van der Waals surface area contributed by atoms with Crippen molar-refractivity contribution in [2.45, 2.75) is 24.8 Å². The van der Waals surface area contributed by atoms with Crippen LogP contribution in [0, 0.1) is 6.92 Å². The van der Waals surface area contributed by atoms with E-state index in [9.17, 15) is 13.2 Å². The Morgan fingerprint density at radius 3 is 2.29 bits per heavy atom. The average Bonchev–Trinajstić information content (AvgIpc) is 2.98. The lowest BCUT2D eigenvalue weighted by Gasteiger charge is -2.21. The second-order valence-corrected chi connectivity index (χ2v) is 8.02. The molecule has 2 aromatic carbocycles. The molecule has 3 rings (SSSR count). The molecule has 1 fully saturated rings. The van der Waals surface area contributed by atoms with Crippen LogP contribution in [0.25, 0.3) is 0 Å². The SMILES string of the molecule is Cc1ccc(S(=O)(=O)N2C[C@H](C)N(C(=O)c3ccccc3)C2)cc1. The van der Waals surface area contributed by atoms with Gasteiger partial charge in [0.25, 0.3) is 5.91 Å². The Morgan fingerprint density at radius 1 is 1.04 bits per heavy atom. The Labute approximate surface area is 142 Å². The summed E-state index contributed by atoms with van der Waals surface area (Å²) in [5, 5.41) is 0. The predicted octanol–water partition coefficient (Wildman–Crippen LogP) is 2.49. The van der Waals surface area contributed by atoms with Crippen LogP contribution in [0.15, 0.2) is 59.5 Å². The summed E-state index contributed by atoms with van der Waals surface area (Å²) in [4.78, 5) is 14.5. The van der Waals surface area contributed by atoms with Crippen LogP contribution in [0.3, 0.4) is 0 Å². The van der Waals surface area contributed by atoms with Crippen LogP contribution in [0.2, 0.25) is 0 Å². The first kappa shape index (κ1) is 16.7. The Balaban J connectivity index is 1.83. The topological polar surface area (TPSA) is 57.7 Å². The third kappa shape index (κ3) is 3.07. The first-order chi connectivity index (χ1) is 11.4. The van der Waals surface area contributed by atoms with Crippen molar-refractivity contribution in [3.63, 3.8) is 0 Å². The third-order valence-corrected chi connectivity index (χ3v) is 6.06. The van der Waals surface area contributed by atoms with Crippen molar-refractivity contribution in [3.05, 3.63) is 65.7 Å². The van der Waals surface area contributed by atoms with Crippen LogP contribution in [-0.4, -0.2) is 42.8 Å². The van der Waals surface area contributed by atoms with Crippen molar-refractivity contribution in [1.82, 2.24) is 9.21 Å². The summed E-state index contributed by atoms with van der Waals surface area (Å²) < 4.78 is 26.9. The summed E-state index contributed by atoms with van der Waals surface area (Å²) in [6.45, 7) is 4.15. The van der Waals surface area contributed by atoms with E-state index in [1.807, 2.05) is 19.9 Å². The van der Waals surface area contributed by atoms with Gasteiger partial charge in [-0.1, -0.05) is 35.9 Å². The molecule has 1 heterocycles. The van der Waals surface area contributed by atoms with E-state index >= 15 is 0 Å². The molecule has 0 bridgehead atoms. The molecule has 5 nitrogen and oxygen atoms in total. The summed E-state index contributed by atoms with van der Waals surface area (Å²) in [6, 6.07) is 15.5. The van der Waals surface area contributed by atoms with Gasteiger partial charge in [0, 0.05) is 18.2 Å². The van der Waals surface area contributed by atoms with Gasteiger partial charge in [-0.15, -0.1) is 0 Å². The quantitative estimate of drug-likeness (QED) is 0.859. The third-order valence-electron chi connectivity index (χ3n) is 4.25. The Hall–Kier alpha value is -2.18. The normalized spacial score (nSPS) is 18.8. The van der Waals surface area contributed by atoms with Gasteiger partial charge in [-0.3, -0.25) is 4.79 Å². The highest BCUT2D eigenvalue weighted by molar-refractivity contribution is 7.89. The molecule has 1 aliphatic rings. The summed E-state index contributed by atoms with van der Waals surface area (Å²) in [7, 11) is -3.60. The molecular formula is C18H20N2O3S. The molecule has 0 N–H and O–H groups in total. The first-order valence-electron chi connectivity index (χ1n) is 7.82. The monoisotopic (exact) mass is 344 g/mol. The van der Waals surface area contributed by atoms with Crippen LogP contribution in [0.1, 0.15) is 22.8 Å². The van der Waals surface area contributed by atoms with Crippen LogP contribution >= 0.6 is 0 Å². The van der Waals surface area contributed by atoms with E-state index in [0.29, 0.717) is 12.1 Å². The summed E-state index contributed by atoms with van der Waals surface area (Å²) in [5.74, 6) is -0.148. The van der Waals surface area contributed by atoms with E-state index in [2.05, 4.69) is 0 Å². The fourth-order valence-corrected chi connectivity index (χ4v) is 4.27. The van der Waals surface area contributed by atoms with Crippen molar-refractivity contribution in [2.75, 3.05) is 13.2 Å². The lowest BCUT2D eigenvalue weighted by atomic mass is 10.2. The molecule has 1 saturated heterocycles. The van der Waals surface area contributed by atoms with E-state index < -0.39 is 10.0 Å². The minimum atomic E-state index is -3.60. The van der Waals surface area contributed by atoms with Gasteiger partial charge in [0.15, 0.2) is 0 Å². The second kappa shape index (κ2) is 6.37. The van der Waals surface area contributed by atoms with Gasteiger partial charge in [0.2, 0.25) is 10.0 Å². The highest BCUT2D eigenvalue weighted by atomic mass is 32.2. The van der Waals surface area contributed by atoms with Crippen molar-refractivity contribution >= 4 is 15.9 Å². The molecular weight excluding hydrogens is 324 g/mol. The maximum absolute atomic E-state index is 12.8. The highest BCUT2D eigenvalue weighted by Crippen LogP contribution is 2.24. The highest BCUT2D eigenvalue weighted by Gasteiger charge is 2.38. The first-order valence-corrected chi connectivity index (χ1v) is 9.26. The number of hydrogen-bond acceptors (Lipinski definition) is 3. The van der Waals surface area contributed by atoms with Gasteiger partial charge in [-0.2, -0.15) is 4.31 Å². The van der Waals surface area contributed by atoms with Gasteiger partial charge in [0.05, 0.1) is 11.6 Å². The van der Waals surface area contributed by atoms with Crippen molar-refractivity contribution in [3.8, 4) is 0 Å². The average molecular weight is 344 g/mol. The zero-order chi connectivity index (χ0) is 17.3. The second-order valence-electron chi connectivity index (χ2n) is 6.08. The molecule has 1 atom stereocenters. The fourth-order valence-electron chi connectivity index (χ4n) is 2.80. The van der Waals surface area contributed by atoms with Gasteiger partial charge in [0.1, 0.15) is 0 Å². The van der Waals surface area contributed by atoms with Crippen molar-refractivity contribution in [2.24, 2.45) is 0 Å². The van der Waals surface area contributed by atoms with Crippen LogP contribution < -0.4 is 0 Å². The Kier molecular flexibility index (Phi) is 4.43. The van der Waals surface area contributed by atoms with Crippen LogP contribution in [0.4, 0.5) is 0 Å². The number of carbonyl (C=O) groups excluding carboxylic acids is 1. The Morgan fingerprint density at radius 2 is 1.67 bits per heavy atom. The zero-order valence-corrected chi connectivity index (χ0v) is 14.5. The molecule has 1 aliphatic heterocycles. The summed E-state index contributed by atoms with van der Waals surface area (Å²) in [5.41, 5.74) is 1.57. The maximum atomic E-state index is 12.8. The lowest BCUT2D eigenvalue weighted by molar-refractivity contribution is 0.0740. The number of rotatable bonds is 3. The molecule has 0 aliphatic carbocycles. The number of nitrogens with zero attached hydrogens (tertiary/aromatic N) is 2. The number of aryl methyl sites for hydroxylation is 1. The van der Waals surface area contributed by atoms with E-state index in [0.717, 1.165) is 5.56 Å². The molecule has 6 heteroatoms. The van der Waals surface area contributed by atoms with Crippen molar-refractivity contribution < 1.29 is 13.2 Å². The minimum absolute atomic E-state index is 0.0745. The van der Waals surface area contributed by atoms with Crippen LogP contribution in [-0.2, 0) is 10.0 Å². The van der Waals surface area contributed by atoms with E-state index in [1.54, 1.807) is 53.4 Å². The van der Waals surface area contributed by atoms with Gasteiger partial charge >= 0.3 is 0 Å². The minimum Gasteiger partial charge on any atom is -0.321 e. The maximum Gasteiger partial charge on any atom is 0.255 e. The zero-order valence-electron chi connectivity index (χ0n) is 13.7. The number of hydrogen-bond donors (Lipinski definition) is 0.